The highest BCUT2D eigenvalue weighted by molar-refractivity contribution is 5.95. The first-order chi connectivity index (χ1) is 42.7. The maximum absolute atomic E-state index is 13.5. The van der Waals surface area contributed by atoms with Crippen LogP contribution in [0.25, 0.3) is 0 Å². The van der Waals surface area contributed by atoms with Crippen molar-refractivity contribution >= 4 is 17.8 Å². The lowest BCUT2D eigenvalue weighted by molar-refractivity contribution is -0.386. The quantitative estimate of drug-likeness (QED) is 0.0299. The number of hydrogen-bond acceptors (Lipinski definition) is 20. The van der Waals surface area contributed by atoms with Crippen molar-refractivity contribution in [3.63, 3.8) is 0 Å². The number of aliphatic hydroxyl groups is 11. The van der Waals surface area contributed by atoms with E-state index in [0.717, 1.165) is 44.9 Å². The molecule has 0 bridgehead atoms. The lowest BCUT2D eigenvalue weighted by Crippen LogP contribution is -2.71. The molecule has 0 spiro atoms. The largest absolute Gasteiger partial charge is 0.477 e. The van der Waals surface area contributed by atoms with Gasteiger partial charge in [0.1, 0.15) is 67.1 Å². The predicted molar refractivity (Wildman–Crippen MR) is 331 cm³/mol. The Kier molecular flexibility index (Phi) is 37.6. The van der Waals surface area contributed by atoms with Crippen LogP contribution in [0.5, 0.6) is 0 Å². The SMILES string of the molecule is CCCCCCCCCCCCC/C=C/[C@@H](O)[C@H](CO[C@@H]1O[C@H](CO)[C@@H](O[C@@H]2O[C@H](CO)[C@H](O)[C@H](O[C@]3(C(=O)O)C[C@H](O)[C@@H](NC(=O)c4cc(C)cc(C)c4)[C@H]([C@H](O)[C@H](O)CO)O3)[C@H]2O)[C@H](O)[C@H]1O)NC(=O)CCCCCCCCCCCCCCCCC. The van der Waals surface area contributed by atoms with Crippen molar-refractivity contribution in [2.24, 2.45) is 0 Å². The number of amides is 2. The summed E-state index contributed by atoms with van der Waals surface area (Å²) in [4.78, 5) is 40.2. The van der Waals surface area contributed by atoms with E-state index in [1.807, 2.05) is 6.08 Å². The molecular weight excluding hydrogens is 1160 g/mol. The zero-order valence-corrected chi connectivity index (χ0v) is 53.6. The number of carboxylic acids is 1. The first-order valence-corrected chi connectivity index (χ1v) is 33.5. The highest BCUT2D eigenvalue weighted by atomic mass is 16.8. The summed E-state index contributed by atoms with van der Waals surface area (Å²) in [6.45, 7) is 4.48. The zero-order chi connectivity index (χ0) is 65.3. The summed E-state index contributed by atoms with van der Waals surface area (Å²) in [5, 5.41) is 138. The summed E-state index contributed by atoms with van der Waals surface area (Å²) in [6, 6.07) is 2.15. The fourth-order valence-corrected chi connectivity index (χ4v) is 12.0. The number of ether oxygens (including phenoxy) is 6. The highest BCUT2D eigenvalue weighted by Gasteiger charge is 2.60. The molecule has 18 atom stereocenters. The van der Waals surface area contributed by atoms with Gasteiger partial charge in [-0.05, 0) is 45.2 Å². The first-order valence-electron chi connectivity index (χ1n) is 33.5. The number of hydrogen-bond donors (Lipinski definition) is 14. The molecule has 1 aromatic rings. The van der Waals surface area contributed by atoms with E-state index in [-0.39, 0.29) is 17.9 Å². The Morgan fingerprint density at radius 1 is 0.640 bits per heavy atom. The molecule has 3 aliphatic heterocycles. The van der Waals surface area contributed by atoms with Crippen LogP contribution in [0.4, 0.5) is 0 Å². The summed E-state index contributed by atoms with van der Waals surface area (Å²) in [6.07, 6.45) is 5.08. The van der Waals surface area contributed by atoms with E-state index in [1.165, 1.54) is 128 Å². The number of allylic oxidation sites excluding steroid dienone is 1. The summed E-state index contributed by atoms with van der Waals surface area (Å²) in [7, 11) is 0. The van der Waals surface area contributed by atoms with Crippen molar-refractivity contribution in [3.05, 3.63) is 47.0 Å². The summed E-state index contributed by atoms with van der Waals surface area (Å²) < 4.78 is 35.2. The third-order valence-corrected chi connectivity index (χ3v) is 17.4. The van der Waals surface area contributed by atoms with E-state index >= 15 is 0 Å². The molecule has 23 heteroatoms. The second-order valence-electron chi connectivity index (χ2n) is 25.1. The van der Waals surface area contributed by atoms with Gasteiger partial charge in [-0.3, -0.25) is 9.59 Å². The van der Waals surface area contributed by atoms with Crippen molar-refractivity contribution in [2.45, 2.75) is 324 Å². The number of carboxylic acid groups (broad SMARTS) is 1. The van der Waals surface area contributed by atoms with E-state index < -0.39 is 155 Å². The standard InChI is InChI=1S/C66H114N2O21/c1-5-7-9-11-13-15-17-19-20-22-24-26-28-30-32-34-52(75)67-46(47(72)33-31-29-27-25-23-21-18-16-14-12-10-8-6-2)42-84-63-57(79)56(78)59(51(41-71)86-63)87-64-58(80)61(55(77)50(40-70)85-64)89-66(65(82)83)38-48(73)53(60(88-66)54(76)49(74)39-69)68-62(81)45-36-43(3)35-44(4)37-45/h31,33,35-37,46-51,53-61,63-64,69-74,76-80H,5-30,32,34,38-42H2,1-4H3,(H,67,75)(H,68,81)(H,82,83)/b33-31+/t46-,47+,48-,49+,50+,51+,53+,54+,55-,56+,57+,58+,59+,60+,61-,63+,64-,66-/m0/s1. The Hall–Kier alpha value is -3.31. The van der Waals surface area contributed by atoms with Crippen LogP contribution >= 0.6 is 0 Å². The molecule has 0 saturated carbocycles. The molecule has 23 nitrogen and oxygen atoms in total. The molecule has 514 valence electrons. The average Bonchev–Trinajstić information content (AvgIpc) is 1.19. The number of unbranched alkanes of at least 4 members (excludes halogenated alkanes) is 25. The van der Waals surface area contributed by atoms with Crippen LogP contribution in [-0.4, -0.2) is 215 Å². The van der Waals surface area contributed by atoms with Crippen molar-refractivity contribution in [2.75, 3.05) is 26.4 Å². The number of carbonyl (C=O) groups excluding carboxylic acids is 2. The van der Waals surface area contributed by atoms with Crippen LogP contribution in [0, 0.1) is 13.8 Å². The first kappa shape index (κ1) is 78.1. The van der Waals surface area contributed by atoms with Gasteiger partial charge in [0, 0.05) is 18.4 Å². The minimum atomic E-state index is -3.13. The smallest absolute Gasteiger partial charge is 0.364 e. The molecule has 0 aromatic heterocycles. The lowest BCUT2D eigenvalue weighted by Gasteiger charge is -2.50. The molecule has 3 heterocycles. The van der Waals surface area contributed by atoms with Gasteiger partial charge in [0.25, 0.3) is 11.7 Å². The summed E-state index contributed by atoms with van der Waals surface area (Å²) >= 11 is 0. The van der Waals surface area contributed by atoms with E-state index in [2.05, 4.69) is 24.5 Å². The Labute approximate surface area is 527 Å². The van der Waals surface area contributed by atoms with Crippen LogP contribution in [0.3, 0.4) is 0 Å². The van der Waals surface area contributed by atoms with Crippen molar-refractivity contribution < 1.29 is 104 Å². The summed E-state index contributed by atoms with van der Waals surface area (Å²) in [5.74, 6) is -6.23. The maximum atomic E-state index is 13.5. The highest BCUT2D eigenvalue weighted by Crippen LogP contribution is 2.39. The van der Waals surface area contributed by atoms with Gasteiger partial charge < -0.3 is 100 Å². The predicted octanol–water partition coefficient (Wildman–Crippen LogP) is 5.08. The van der Waals surface area contributed by atoms with E-state index in [1.54, 1.807) is 26.0 Å². The molecule has 1 aromatic carbocycles. The number of nitrogens with one attached hydrogen (secondary N) is 2. The maximum Gasteiger partial charge on any atom is 0.364 e. The van der Waals surface area contributed by atoms with Gasteiger partial charge in [0.2, 0.25) is 5.91 Å². The Morgan fingerprint density at radius 2 is 1.15 bits per heavy atom. The Bertz CT molecular complexity index is 2120. The molecule has 4 rings (SSSR count). The van der Waals surface area contributed by atoms with Crippen LogP contribution in [0.2, 0.25) is 0 Å². The van der Waals surface area contributed by atoms with Crippen molar-refractivity contribution in [1.29, 1.82) is 0 Å². The minimum absolute atomic E-state index is 0.122. The van der Waals surface area contributed by atoms with Gasteiger partial charge in [-0.2, -0.15) is 0 Å². The van der Waals surface area contributed by atoms with E-state index in [9.17, 15) is 75.7 Å². The van der Waals surface area contributed by atoms with Gasteiger partial charge in [-0.15, -0.1) is 0 Å². The van der Waals surface area contributed by atoms with E-state index in [4.69, 9.17) is 28.4 Å². The molecular formula is C66H114N2O21. The number of carbonyl (C=O) groups is 3. The molecule has 2 amide bonds. The number of aryl methyl sites for hydroxylation is 2. The minimum Gasteiger partial charge on any atom is -0.477 e. The van der Waals surface area contributed by atoms with Gasteiger partial charge in [0.15, 0.2) is 12.6 Å². The number of aliphatic hydroxyl groups excluding tert-OH is 11. The van der Waals surface area contributed by atoms with Gasteiger partial charge in [-0.1, -0.05) is 197 Å². The molecule has 3 saturated heterocycles. The Morgan fingerprint density at radius 3 is 1.65 bits per heavy atom. The average molecular weight is 1270 g/mol. The fourth-order valence-electron chi connectivity index (χ4n) is 12.0. The number of benzene rings is 1. The molecule has 0 radical (unpaired) electrons. The van der Waals surface area contributed by atoms with Crippen LogP contribution in [-0.2, 0) is 38.0 Å². The molecule has 89 heavy (non-hydrogen) atoms. The second kappa shape index (κ2) is 42.8. The Balaban J connectivity index is 1.41. The van der Waals surface area contributed by atoms with Crippen LogP contribution in [0.1, 0.15) is 222 Å². The van der Waals surface area contributed by atoms with Crippen molar-refractivity contribution in [1.82, 2.24) is 10.6 Å². The number of aliphatic carboxylic acids is 1. The topological polar surface area (TPSA) is 373 Å². The zero-order valence-electron chi connectivity index (χ0n) is 53.6. The third kappa shape index (κ3) is 26.2. The molecule has 0 aliphatic carbocycles. The van der Waals surface area contributed by atoms with Crippen LogP contribution in [0.15, 0.2) is 30.4 Å². The van der Waals surface area contributed by atoms with Crippen LogP contribution < -0.4 is 10.6 Å². The van der Waals surface area contributed by atoms with Gasteiger partial charge >= 0.3 is 5.97 Å². The lowest BCUT2D eigenvalue weighted by atomic mass is 9.87. The summed E-state index contributed by atoms with van der Waals surface area (Å²) in [5.41, 5.74) is 1.53. The van der Waals surface area contributed by atoms with E-state index in [0.29, 0.717) is 24.0 Å². The molecule has 14 N–H and O–H groups in total. The van der Waals surface area contributed by atoms with Crippen molar-refractivity contribution in [3.8, 4) is 0 Å². The fraction of sp³-hybridized carbons (Fsp3) is 0.833. The molecule has 0 unspecified atom stereocenters. The molecule has 3 fully saturated rings. The monoisotopic (exact) mass is 1270 g/mol. The number of rotatable bonds is 46. The normalized spacial score (nSPS) is 28.8. The third-order valence-electron chi connectivity index (χ3n) is 17.4. The van der Waals surface area contributed by atoms with Gasteiger partial charge in [0.05, 0.1) is 50.7 Å². The van der Waals surface area contributed by atoms with Gasteiger partial charge in [-0.25, -0.2) is 4.79 Å². The molecule has 3 aliphatic rings. The second-order valence-corrected chi connectivity index (χ2v) is 25.1.